The number of hydrogen-bond acceptors (Lipinski definition) is 5. The number of carbonyl (C=O) groups is 2. The van der Waals surface area contributed by atoms with Crippen LogP contribution in [0.1, 0.15) is 35.4 Å². The van der Waals surface area contributed by atoms with Crippen LogP contribution in [0.4, 0.5) is 0 Å². The van der Waals surface area contributed by atoms with Gasteiger partial charge in [-0.3, -0.25) is 9.59 Å². The maximum absolute atomic E-state index is 12.2. The fraction of sp³-hybridized carbons (Fsp3) is 0.368. The normalized spacial score (nSPS) is 12.6. The molecule has 1 aromatic heterocycles. The van der Waals surface area contributed by atoms with Crippen molar-refractivity contribution in [2.75, 3.05) is 19.8 Å². The van der Waals surface area contributed by atoms with E-state index in [1.807, 2.05) is 30.3 Å². The van der Waals surface area contributed by atoms with Crippen molar-refractivity contribution in [1.82, 2.24) is 5.32 Å². The Morgan fingerprint density at radius 3 is 2.65 bits per heavy atom. The molecule has 2 heterocycles. The Hall–Kier alpha value is -2.54. The van der Waals surface area contributed by atoms with Crippen LogP contribution in [0.3, 0.4) is 0 Å². The first kappa shape index (κ1) is 18.3. The molecule has 1 amide bonds. The molecule has 7 heteroatoms. The molecule has 1 aliphatic rings. The number of carboxylic acid groups (broad SMARTS) is 1. The monoisotopic (exact) mass is 375 g/mol. The molecular formula is C19H21NO5S. The minimum absolute atomic E-state index is 0.1000. The molecule has 1 aromatic carbocycles. The molecule has 6 nitrogen and oxygen atoms in total. The molecule has 0 radical (unpaired) electrons. The lowest BCUT2D eigenvalue weighted by atomic mass is 10.1. The van der Waals surface area contributed by atoms with Gasteiger partial charge in [-0.25, -0.2) is 0 Å². The van der Waals surface area contributed by atoms with Crippen LogP contribution in [0.2, 0.25) is 0 Å². The molecule has 3 rings (SSSR count). The average Bonchev–Trinajstić information content (AvgIpc) is 3.14. The molecule has 0 saturated heterocycles. The standard InChI is InChI=1S/C19H21NO5S/c21-18(22)4-2-1-3-9-20-19(23)17-8-7-16(26-17)13-5-6-14-15(12-13)25-11-10-24-14/h5-8,12H,1-4,9-11H2,(H,20,23)(H,21,22). The van der Waals surface area contributed by atoms with Crippen LogP contribution < -0.4 is 14.8 Å². The molecule has 0 saturated carbocycles. The number of thiophene rings is 1. The summed E-state index contributed by atoms with van der Waals surface area (Å²) in [6.07, 6.45) is 2.38. The number of fused-ring (bicyclic) bond motifs is 1. The number of carboxylic acids is 1. The van der Waals surface area contributed by atoms with Gasteiger partial charge < -0.3 is 19.9 Å². The Balaban J connectivity index is 1.52. The van der Waals surface area contributed by atoms with E-state index in [9.17, 15) is 9.59 Å². The highest BCUT2D eigenvalue weighted by atomic mass is 32.1. The van der Waals surface area contributed by atoms with Crippen LogP contribution >= 0.6 is 11.3 Å². The van der Waals surface area contributed by atoms with Crippen LogP contribution in [-0.2, 0) is 4.79 Å². The quantitative estimate of drug-likeness (QED) is 0.689. The van der Waals surface area contributed by atoms with Crippen molar-refractivity contribution in [2.24, 2.45) is 0 Å². The lowest BCUT2D eigenvalue weighted by Crippen LogP contribution is -2.23. The maximum Gasteiger partial charge on any atom is 0.303 e. The topological polar surface area (TPSA) is 84.9 Å². The summed E-state index contributed by atoms with van der Waals surface area (Å²) in [6.45, 7) is 1.66. The average molecular weight is 375 g/mol. The van der Waals surface area contributed by atoms with Gasteiger partial charge in [0.15, 0.2) is 11.5 Å². The summed E-state index contributed by atoms with van der Waals surface area (Å²) in [5.41, 5.74) is 0.993. The smallest absolute Gasteiger partial charge is 0.303 e. The minimum atomic E-state index is -0.778. The van der Waals surface area contributed by atoms with Gasteiger partial charge in [-0.05, 0) is 48.7 Å². The van der Waals surface area contributed by atoms with E-state index in [-0.39, 0.29) is 12.3 Å². The van der Waals surface area contributed by atoms with Gasteiger partial charge in [0, 0.05) is 17.8 Å². The largest absolute Gasteiger partial charge is 0.486 e. The molecule has 0 bridgehead atoms. The van der Waals surface area contributed by atoms with Gasteiger partial charge in [0.25, 0.3) is 5.91 Å². The van der Waals surface area contributed by atoms with E-state index in [0.29, 0.717) is 31.1 Å². The van der Waals surface area contributed by atoms with E-state index in [1.165, 1.54) is 11.3 Å². The van der Waals surface area contributed by atoms with Gasteiger partial charge in [0.05, 0.1) is 4.88 Å². The summed E-state index contributed by atoms with van der Waals surface area (Å²) in [6, 6.07) is 9.53. The zero-order chi connectivity index (χ0) is 18.4. The van der Waals surface area contributed by atoms with Crippen LogP contribution in [0, 0.1) is 0 Å². The highest BCUT2D eigenvalue weighted by Gasteiger charge is 2.14. The Morgan fingerprint density at radius 1 is 1.04 bits per heavy atom. The van der Waals surface area contributed by atoms with Crippen molar-refractivity contribution in [2.45, 2.75) is 25.7 Å². The van der Waals surface area contributed by atoms with Gasteiger partial charge in [0.1, 0.15) is 13.2 Å². The van der Waals surface area contributed by atoms with Crippen molar-refractivity contribution < 1.29 is 24.2 Å². The molecule has 0 aliphatic carbocycles. The number of unbranched alkanes of at least 4 members (excludes halogenated alkanes) is 2. The fourth-order valence-corrected chi connectivity index (χ4v) is 3.60. The number of rotatable bonds is 8. The Labute approximate surface area is 155 Å². The third-order valence-electron chi connectivity index (χ3n) is 4.01. The lowest BCUT2D eigenvalue weighted by Gasteiger charge is -2.18. The first-order valence-electron chi connectivity index (χ1n) is 8.63. The van der Waals surface area contributed by atoms with E-state index >= 15 is 0 Å². The molecule has 0 unspecified atom stereocenters. The second-order valence-electron chi connectivity index (χ2n) is 5.98. The summed E-state index contributed by atoms with van der Waals surface area (Å²) in [7, 11) is 0. The number of amides is 1. The van der Waals surface area contributed by atoms with E-state index < -0.39 is 5.97 Å². The number of nitrogens with one attached hydrogen (secondary N) is 1. The van der Waals surface area contributed by atoms with Crippen LogP contribution in [0.5, 0.6) is 11.5 Å². The molecule has 0 spiro atoms. The third-order valence-corrected chi connectivity index (χ3v) is 5.14. The molecule has 1 aliphatic heterocycles. The van der Waals surface area contributed by atoms with Gasteiger partial charge in [0.2, 0.25) is 0 Å². The van der Waals surface area contributed by atoms with Crippen molar-refractivity contribution in [1.29, 1.82) is 0 Å². The van der Waals surface area contributed by atoms with Crippen molar-refractivity contribution in [3.63, 3.8) is 0 Å². The van der Waals surface area contributed by atoms with E-state index in [2.05, 4.69) is 5.32 Å². The first-order chi connectivity index (χ1) is 12.6. The van der Waals surface area contributed by atoms with E-state index in [4.69, 9.17) is 14.6 Å². The molecular weight excluding hydrogens is 354 g/mol. The zero-order valence-corrected chi connectivity index (χ0v) is 15.1. The molecule has 2 aromatic rings. The zero-order valence-electron chi connectivity index (χ0n) is 14.3. The number of benzene rings is 1. The Bertz CT molecular complexity index is 786. The van der Waals surface area contributed by atoms with Crippen LogP contribution in [0.15, 0.2) is 30.3 Å². The third kappa shape index (κ3) is 4.76. The Morgan fingerprint density at radius 2 is 1.85 bits per heavy atom. The molecule has 26 heavy (non-hydrogen) atoms. The predicted octanol–water partition coefficient (Wildman–Crippen LogP) is 3.56. The predicted molar refractivity (Wildman–Crippen MR) is 99.2 cm³/mol. The molecule has 2 N–H and O–H groups in total. The summed E-state index contributed by atoms with van der Waals surface area (Å²) in [5, 5.41) is 11.5. The van der Waals surface area contributed by atoms with Gasteiger partial charge >= 0.3 is 5.97 Å². The lowest BCUT2D eigenvalue weighted by molar-refractivity contribution is -0.137. The van der Waals surface area contributed by atoms with Crippen LogP contribution in [0.25, 0.3) is 10.4 Å². The Kier molecular flexibility index (Phi) is 6.12. The second-order valence-corrected chi connectivity index (χ2v) is 7.07. The van der Waals surface area contributed by atoms with Gasteiger partial charge in [-0.2, -0.15) is 0 Å². The summed E-state index contributed by atoms with van der Waals surface area (Å²) < 4.78 is 11.1. The number of hydrogen-bond donors (Lipinski definition) is 2. The fourth-order valence-electron chi connectivity index (χ4n) is 2.68. The van der Waals surface area contributed by atoms with Gasteiger partial charge in [-0.1, -0.05) is 6.42 Å². The minimum Gasteiger partial charge on any atom is -0.486 e. The molecule has 0 atom stereocenters. The summed E-state index contributed by atoms with van der Waals surface area (Å²) in [4.78, 5) is 24.3. The van der Waals surface area contributed by atoms with E-state index in [0.717, 1.165) is 34.8 Å². The van der Waals surface area contributed by atoms with Crippen molar-refractivity contribution in [3.05, 3.63) is 35.2 Å². The molecule has 0 fully saturated rings. The van der Waals surface area contributed by atoms with Crippen LogP contribution in [-0.4, -0.2) is 36.7 Å². The second kappa shape index (κ2) is 8.71. The highest BCUT2D eigenvalue weighted by Crippen LogP contribution is 2.36. The highest BCUT2D eigenvalue weighted by molar-refractivity contribution is 7.17. The van der Waals surface area contributed by atoms with Crippen molar-refractivity contribution >= 4 is 23.2 Å². The number of aliphatic carboxylic acids is 1. The molecule has 138 valence electrons. The summed E-state index contributed by atoms with van der Waals surface area (Å²) in [5.74, 6) is 0.600. The SMILES string of the molecule is O=C(O)CCCCCNC(=O)c1ccc(-c2ccc3c(c2)OCCO3)s1. The summed E-state index contributed by atoms with van der Waals surface area (Å²) >= 11 is 1.43. The number of carbonyl (C=O) groups excluding carboxylic acids is 1. The first-order valence-corrected chi connectivity index (χ1v) is 9.45. The number of ether oxygens (including phenoxy) is 2. The van der Waals surface area contributed by atoms with Gasteiger partial charge in [-0.15, -0.1) is 11.3 Å². The van der Waals surface area contributed by atoms with E-state index in [1.54, 1.807) is 0 Å². The maximum atomic E-state index is 12.2. The van der Waals surface area contributed by atoms with Crippen molar-refractivity contribution in [3.8, 4) is 21.9 Å².